The minimum atomic E-state index is -3.25. The maximum absolute atomic E-state index is 12.4. The van der Waals surface area contributed by atoms with Crippen LogP contribution in [0.4, 0.5) is 0 Å². The molecule has 0 saturated carbocycles. The molecular weight excluding hydrogens is 346 g/mol. The van der Waals surface area contributed by atoms with Crippen LogP contribution >= 0.6 is 15.9 Å². The van der Waals surface area contributed by atoms with Crippen molar-refractivity contribution in [2.24, 2.45) is 0 Å². The SMILES string of the molecule is CS(=O)(=O)NC1CCCN(C(=O)c2cncc(Br)c2)C1. The van der Waals surface area contributed by atoms with Gasteiger partial charge in [0.15, 0.2) is 0 Å². The lowest BCUT2D eigenvalue weighted by molar-refractivity contribution is 0.0702. The smallest absolute Gasteiger partial charge is 0.255 e. The van der Waals surface area contributed by atoms with Gasteiger partial charge in [0.25, 0.3) is 5.91 Å². The lowest BCUT2D eigenvalue weighted by Crippen LogP contribution is -2.49. The Morgan fingerprint density at radius 2 is 2.25 bits per heavy atom. The van der Waals surface area contributed by atoms with Crippen molar-refractivity contribution in [2.75, 3.05) is 19.3 Å². The summed E-state index contributed by atoms with van der Waals surface area (Å²) in [5.41, 5.74) is 0.499. The molecule has 0 spiro atoms. The fourth-order valence-electron chi connectivity index (χ4n) is 2.27. The normalized spacial score (nSPS) is 19.9. The summed E-state index contributed by atoms with van der Waals surface area (Å²) in [7, 11) is -3.25. The third kappa shape index (κ3) is 4.26. The third-order valence-electron chi connectivity index (χ3n) is 3.04. The van der Waals surface area contributed by atoms with Crippen molar-refractivity contribution in [1.29, 1.82) is 0 Å². The van der Waals surface area contributed by atoms with Crippen LogP contribution in [-0.4, -0.2) is 49.6 Å². The van der Waals surface area contributed by atoms with Crippen molar-refractivity contribution in [3.63, 3.8) is 0 Å². The van der Waals surface area contributed by atoms with Crippen LogP contribution in [0.5, 0.6) is 0 Å². The number of nitrogens with zero attached hydrogens (tertiary/aromatic N) is 2. The number of rotatable bonds is 3. The molecule has 1 N–H and O–H groups in total. The molecule has 1 unspecified atom stereocenters. The van der Waals surface area contributed by atoms with Gasteiger partial charge in [0.1, 0.15) is 0 Å². The van der Waals surface area contributed by atoms with Gasteiger partial charge in [-0.2, -0.15) is 0 Å². The van der Waals surface area contributed by atoms with Crippen LogP contribution in [0, 0.1) is 0 Å². The van der Waals surface area contributed by atoms with Crippen molar-refractivity contribution in [2.45, 2.75) is 18.9 Å². The van der Waals surface area contributed by atoms with Crippen LogP contribution in [0.25, 0.3) is 0 Å². The van der Waals surface area contributed by atoms with Crippen LogP contribution in [0.3, 0.4) is 0 Å². The van der Waals surface area contributed by atoms with Gasteiger partial charge in [0, 0.05) is 36.0 Å². The van der Waals surface area contributed by atoms with E-state index < -0.39 is 10.0 Å². The van der Waals surface area contributed by atoms with Crippen LogP contribution in [0.2, 0.25) is 0 Å². The molecule has 1 aromatic rings. The third-order valence-corrected chi connectivity index (χ3v) is 4.24. The first-order valence-electron chi connectivity index (χ1n) is 6.22. The number of carbonyl (C=O) groups excluding carboxylic acids is 1. The molecule has 1 aliphatic heterocycles. The molecule has 2 heterocycles. The second kappa shape index (κ2) is 6.19. The van der Waals surface area contributed by atoms with Gasteiger partial charge >= 0.3 is 0 Å². The minimum Gasteiger partial charge on any atom is -0.337 e. The van der Waals surface area contributed by atoms with Crippen LogP contribution in [0.1, 0.15) is 23.2 Å². The lowest BCUT2D eigenvalue weighted by atomic mass is 10.1. The number of aromatic nitrogens is 1. The van der Waals surface area contributed by atoms with Gasteiger partial charge in [0.2, 0.25) is 10.0 Å². The minimum absolute atomic E-state index is 0.126. The van der Waals surface area contributed by atoms with Gasteiger partial charge in [-0.1, -0.05) is 0 Å². The summed E-state index contributed by atoms with van der Waals surface area (Å²) in [6.07, 6.45) is 5.78. The Balaban J connectivity index is 2.07. The summed E-state index contributed by atoms with van der Waals surface area (Å²) < 4.78 is 25.8. The van der Waals surface area contributed by atoms with Gasteiger partial charge in [-0.25, -0.2) is 13.1 Å². The standard InChI is InChI=1S/C12H16BrN3O3S/c1-20(18,19)15-11-3-2-4-16(8-11)12(17)9-5-10(13)7-14-6-9/h5-7,11,15H,2-4,8H2,1H3. The number of hydrogen-bond donors (Lipinski definition) is 1. The number of hydrogen-bond acceptors (Lipinski definition) is 4. The second-order valence-electron chi connectivity index (χ2n) is 4.87. The number of halogens is 1. The zero-order valence-corrected chi connectivity index (χ0v) is 13.4. The van der Waals surface area contributed by atoms with Crippen molar-refractivity contribution in [3.8, 4) is 0 Å². The average molecular weight is 362 g/mol. The molecule has 20 heavy (non-hydrogen) atoms. The Labute approximate surface area is 126 Å². The van der Waals surface area contributed by atoms with Crippen LogP contribution < -0.4 is 4.72 Å². The summed E-state index contributed by atoms with van der Waals surface area (Å²) in [6, 6.07) is 1.49. The summed E-state index contributed by atoms with van der Waals surface area (Å²) >= 11 is 3.28. The number of pyridine rings is 1. The Bertz CT molecular complexity index is 606. The van der Waals surface area contributed by atoms with Crippen molar-refractivity contribution in [1.82, 2.24) is 14.6 Å². The Morgan fingerprint density at radius 1 is 1.50 bits per heavy atom. The van der Waals surface area contributed by atoms with E-state index in [0.717, 1.165) is 23.6 Å². The van der Waals surface area contributed by atoms with Crippen molar-refractivity contribution >= 4 is 31.9 Å². The van der Waals surface area contributed by atoms with Crippen LogP contribution in [-0.2, 0) is 10.0 Å². The number of sulfonamides is 1. The highest BCUT2D eigenvalue weighted by atomic mass is 79.9. The Hall–Kier alpha value is -0.990. The highest BCUT2D eigenvalue weighted by Gasteiger charge is 2.26. The number of nitrogens with one attached hydrogen (secondary N) is 1. The zero-order valence-electron chi connectivity index (χ0n) is 11.0. The summed E-state index contributed by atoms with van der Waals surface area (Å²) in [5, 5.41) is 0. The highest BCUT2D eigenvalue weighted by Crippen LogP contribution is 2.16. The van der Waals surface area contributed by atoms with Gasteiger partial charge in [-0.15, -0.1) is 0 Å². The van der Waals surface area contributed by atoms with E-state index in [1.54, 1.807) is 17.2 Å². The molecule has 6 nitrogen and oxygen atoms in total. The summed E-state index contributed by atoms with van der Waals surface area (Å²) in [4.78, 5) is 18.0. The predicted octanol–water partition coefficient (Wildman–Crippen LogP) is 0.998. The second-order valence-corrected chi connectivity index (χ2v) is 7.57. The van der Waals surface area contributed by atoms with E-state index in [4.69, 9.17) is 0 Å². The Morgan fingerprint density at radius 3 is 2.90 bits per heavy atom. The molecule has 1 aromatic heterocycles. The first-order valence-corrected chi connectivity index (χ1v) is 8.91. The van der Waals surface area contributed by atoms with E-state index in [-0.39, 0.29) is 11.9 Å². The fraction of sp³-hybridized carbons (Fsp3) is 0.500. The molecule has 2 rings (SSSR count). The van der Waals surface area contributed by atoms with E-state index in [0.29, 0.717) is 18.7 Å². The summed E-state index contributed by atoms with van der Waals surface area (Å²) in [6.45, 7) is 1.02. The van der Waals surface area contributed by atoms with Crippen molar-refractivity contribution in [3.05, 3.63) is 28.5 Å². The molecule has 1 amide bonds. The first kappa shape index (κ1) is 15.4. The molecule has 1 aliphatic rings. The number of likely N-dealkylation sites (tertiary alicyclic amines) is 1. The van der Waals surface area contributed by atoms with E-state index in [2.05, 4.69) is 25.6 Å². The number of carbonyl (C=O) groups is 1. The molecule has 1 saturated heterocycles. The fourth-order valence-corrected chi connectivity index (χ4v) is 3.43. The largest absolute Gasteiger partial charge is 0.337 e. The van der Waals surface area contributed by atoms with E-state index in [1.165, 1.54) is 6.20 Å². The zero-order chi connectivity index (χ0) is 14.8. The topological polar surface area (TPSA) is 79.4 Å². The molecule has 1 fully saturated rings. The molecule has 0 aromatic carbocycles. The lowest BCUT2D eigenvalue weighted by Gasteiger charge is -2.32. The highest BCUT2D eigenvalue weighted by molar-refractivity contribution is 9.10. The van der Waals surface area contributed by atoms with E-state index in [1.807, 2.05) is 0 Å². The van der Waals surface area contributed by atoms with Gasteiger partial charge in [0.05, 0.1) is 11.8 Å². The molecular formula is C12H16BrN3O3S. The molecule has 8 heteroatoms. The summed E-state index contributed by atoms with van der Waals surface area (Å²) in [5.74, 6) is -0.126. The maximum Gasteiger partial charge on any atom is 0.255 e. The van der Waals surface area contributed by atoms with Gasteiger partial charge < -0.3 is 4.90 Å². The Kier molecular flexibility index (Phi) is 4.77. The predicted molar refractivity (Wildman–Crippen MR) is 78.8 cm³/mol. The van der Waals surface area contributed by atoms with Crippen molar-refractivity contribution < 1.29 is 13.2 Å². The molecule has 0 bridgehead atoms. The molecule has 0 aliphatic carbocycles. The number of amides is 1. The molecule has 110 valence electrons. The van der Waals surface area contributed by atoms with Gasteiger partial charge in [-0.05, 0) is 34.8 Å². The van der Waals surface area contributed by atoms with E-state index >= 15 is 0 Å². The average Bonchev–Trinajstić information content (AvgIpc) is 2.36. The quantitative estimate of drug-likeness (QED) is 0.870. The maximum atomic E-state index is 12.4. The first-order chi connectivity index (χ1) is 9.35. The molecule has 0 radical (unpaired) electrons. The van der Waals surface area contributed by atoms with E-state index in [9.17, 15) is 13.2 Å². The monoisotopic (exact) mass is 361 g/mol. The van der Waals surface area contributed by atoms with Gasteiger partial charge in [-0.3, -0.25) is 9.78 Å². The van der Waals surface area contributed by atoms with Crippen LogP contribution in [0.15, 0.2) is 22.9 Å². The molecule has 1 atom stereocenters. The number of piperidine rings is 1.